The molecular weight excluding hydrogens is 347 g/mol. The third kappa shape index (κ3) is 6.59. The largest absolute Gasteiger partial charge is 0.491 e. The summed E-state index contributed by atoms with van der Waals surface area (Å²) < 4.78 is 42.8. The Labute approximate surface area is 151 Å². The number of nitrogens with one attached hydrogen (secondary N) is 2. The highest BCUT2D eigenvalue weighted by molar-refractivity contribution is 5.80. The van der Waals surface area contributed by atoms with E-state index in [2.05, 4.69) is 27.8 Å². The lowest BCUT2D eigenvalue weighted by Gasteiger charge is -2.17. The topological polar surface area (TPSA) is 65.9 Å². The van der Waals surface area contributed by atoms with E-state index in [1.165, 1.54) is 12.1 Å². The molecule has 1 unspecified atom stereocenters. The molecule has 0 bridgehead atoms. The summed E-state index contributed by atoms with van der Waals surface area (Å²) in [6.07, 6.45) is 0.835. The van der Waals surface area contributed by atoms with Gasteiger partial charge in [0.25, 0.3) is 0 Å². The van der Waals surface area contributed by atoms with Crippen LogP contribution < -0.4 is 15.4 Å². The van der Waals surface area contributed by atoms with E-state index in [9.17, 15) is 18.3 Å². The molecule has 0 saturated heterocycles. The van der Waals surface area contributed by atoms with E-state index in [-0.39, 0.29) is 18.9 Å². The Balaban J connectivity index is 1.79. The summed E-state index contributed by atoms with van der Waals surface area (Å²) in [6, 6.07) is 4.66. The molecule has 0 amide bonds. The van der Waals surface area contributed by atoms with Gasteiger partial charge in [-0.25, -0.2) is 0 Å². The van der Waals surface area contributed by atoms with Gasteiger partial charge in [-0.1, -0.05) is 12.2 Å². The third-order valence-corrected chi connectivity index (χ3v) is 3.78. The fourth-order valence-corrected chi connectivity index (χ4v) is 2.43. The Kier molecular flexibility index (Phi) is 7.32. The van der Waals surface area contributed by atoms with Gasteiger partial charge in [0.1, 0.15) is 18.5 Å². The van der Waals surface area contributed by atoms with Crippen molar-refractivity contribution in [2.24, 2.45) is 4.99 Å². The van der Waals surface area contributed by atoms with Crippen molar-refractivity contribution < 1.29 is 23.0 Å². The number of aliphatic hydroxyl groups is 1. The van der Waals surface area contributed by atoms with E-state index < -0.39 is 17.8 Å². The van der Waals surface area contributed by atoms with Gasteiger partial charge in [0.05, 0.1) is 12.1 Å². The van der Waals surface area contributed by atoms with Crippen LogP contribution in [0.4, 0.5) is 13.2 Å². The van der Waals surface area contributed by atoms with Gasteiger partial charge in [0, 0.05) is 12.6 Å². The predicted molar refractivity (Wildman–Crippen MR) is 94.2 cm³/mol. The van der Waals surface area contributed by atoms with Gasteiger partial charge in [0.15, 0.2) is 5.96 Å². The second-order valence-electron chi connectivity index (χ2n) is 5.99. The summed E-state index contributed by atoms with van der Waals surface area (Å²) in [5.41, 5.74) is -0.738. The van der Waals surface area contributed by atoms with Crippen molar-refractivity contribution in [2.45, 2.75) is 38.1 Å². The van der Waals surface area contributed by atoms with Gasteiger partial charge < -0.3 is 20.5 Å². The van der Waals surface area contributed by atoms with Crippen LogP contribution in [0.25, 0.3) is 0 Å². The molecule has 0 spiro atoms. The lowest BCUT2D eigenvalue weighted by molar-refractivity contribution is -0.137. The Morgan fingerprint density at radius 2 is 1.92 bits per heavy atom. The maximum atomic E-state index is 12.5. The Morgan fingerprint density at radius 1 is 1.27 bits per heavy atom. The first kappa shape index (κ1) is 20.1. The van der Waals surface area contributed by atoms with E-state index in [1.807, 2.05) is 6.92 Å². The zero-order valence-corrected chi connectivity index (χ0v) is 14.6. The molecule has 0 aromatic heterocycles. The summed E-state index contributed by atoms with van der Waals surface area (Å²) in [6.45, 7) is 2.72. The molecule has 1 aromatic rings. The van der Waals surface area contributed by atoms with Crippen molar-refractivity contribution in [3.63, 3.8) is 0 Å². The summed E-state index contributed by atoms with van der Waals surface area (Å²) in [4.78, 5) is 4.32. The Bertz CT molecular complexity index is 607. The van der Waals surface area contributed by atoms with Crippen molar-refractivity contribution in [1.82, 2.24) is 10.6 Å². The van der Waals surface area contributed by atoms with E-state index in [4.69, 9.17) is 4.74 Å². The number of guanidine groups is 1. The molecule has 0 heterocycles. The standard InChI is InChI=1S/C18H24F3N3O2/c1-2-22-17(24-14-5-3-4-6-14)23-11-15(25)12-26-16-9-7-13(8-10-16)18(19,20)21/h3-4,7-10,14-15,25H,2,5-6,11-12H2,1H3,(H2,22,23,24). The molecule has 0 saturated carbocycles. The van der Waals surface area contributed by atoms with Gasteiger partial charge in [-0.3, -0.25) is 4.99 Å². The van der Waals surface area contributed by atoms with E-state index >= 15 is 0 Å². The number of halogens is 3. The number of hydrogen-bond acceptors (Lipinski definition) is 3. The van der Waals surface area contributed by atoms with Crippen LogP contribution in [0.15, 0.2) is 41.4 Å². The number of aliphatic imine (C=N–C) groups is 1. The summed E-state index contributed by atoms with van der Waals surface area (Å²) in [5.74, 6) is 0.887. The maximum Gasteiger partial charge on any atom is 0.416 e. The first-order valence-corrected chi connectivity index (χ1v) is 8.56. The lowest BCUT2D eigenvalue weighted by atomic mass is 10.2. The molecular formula is C18H24F3N3O2. The maximum absolute atomic E-state index is 12.5. The summed E-state index contributed by atoms with van der Waals surface area (Å²) in [7, 11) is 0. The van der Waals surface area contributed by atoms with Gasteiger partial charge in [-0.15, -0.1) is 0 Å². The Morgan fingerprint density at radius 3 is 2.50 bits per heavy atom. The zero-order chi connectivity index (χ0) is 19.0. The first-order chi connectivity index (χ1) is 12.4. The monoisotopic (exact) mass is 371 g/mol. The number of benzene rings is 1. The number of alkyl halides is 3. The zero-order valence-electron chi connectivity index (χ0n) is 14.6. The van der Waals surface area contributed by atoms with Crippen LogP contribution in [0.3, 0.4) is 0 Å². The van der Waals surface area contributed by atoms with Crippen LogP contribution in [0.1, 0.15) is 25.3 Å². The van der Waals surface area contributed by atoms with Crippen molar-refractivity contribution in [2.75, 3.05) is 19.7 Å². The molecule has 26 heavy (non-hydrogen) atoms. The lowest BCUT2D eigenvalue weighted by Crippen LogP contribution is -2.43. The second-order valence-corrected chi connectivity index (χ2v) is 5.99. The highest BCUT2D eigenvalue weighted by atomic mass is 19.4. The Hall–Kier alpha value is -2.22. The fraction of sp³-hybridized carbons (Fsp3) is 0.500. The molecule has 0 radical (unpaired) electrons. The summed E-state index contributed by atoms with van der Waals surface area (Å²) in [5, 5.41) is 16.4. The minimum absolute atomic E-state index is 0.0563. The number of rotatable bonds is 7. The van der Waals surface area contributed by atoms with E-state index in [1.54, 1.807) is 0 Å². The molecule has 2 rings (SSSR count). The molecule has 1 aliphatic rings. The number of nitrogens with zero attached hydrogens (tertiary/aromatic N) is 1. The minimum Gasteiger partial charge on any atom is -0.491 e. The molecule has 144 valence electrons. The summed E-state index contributed by atoms with van der Waals surface area (Å²) >= 11 is 0. The SMILES string of the molecule is CCNC(=NCC(O)COc1ccc(C(F)(F)F)cc1)NC1CC=CC1. The quantitative estimate of drug-likeness (QED) is 0.392. The highest BCUT2D eigenvalue weighted by Gasteiger charge is 2.30. The number of aliphatic hydroxyl groups excluding tert-OH is 1. The normalized spacial score (nSPS) is 16.6. The second kappa shape index (κ2) is 9.47. The van der Waals surface area contributed by atoms with Crippen LogP contribution in [-0.4, -0.2) is 42.9 Å². The van der Waals surface area contributed by atoms with Crippen LogP contribution >= 0.6 is 0 Å². The molecule has 8 heteroatoms. The fourth-order valence-electron chi connectivity index (χ4n) is 2.43. The molecule has 3 N–H and O–H groups in total. The van der Waals surface area contributed by atoms with Crippen molar-refractivity contribution >= 4 is 5.96 Å². The van der Waals surface area contributed by atoms with Gasteiger partial charge >= 0.3 is 6.18 Å². The molecule has 1 aliphatic carbocycles. The van der Waals surface area contributed by atoms with Crippen LogP contribution in [0.2, 0.25) is 0 Å². The van der Waals surface area contributed by atoms with Crippen molar-refractivity contribution in [3.8, 4) is 5.75 Å². The number of ether oxygens (including phenoxy) is 1. The molecule has 1 aromatic carbocycles. The van der Waals surface area contributed by atoms with Crippen molar-refractivity contribution in [3.05, 3.63) is 42.0 Å². The molecule has 5 nitrogen and oxygen atoms in total. The van der Waals surface area contributed by atoms with Gasteiger partial charge in [-0.05, 0) is 44.0 Å². The molecule has 0 aliphatic heterocycles. The van der Waals surface area contributed by atoms with Gasteiger partial charge in [-0.2, -0.15) is 13.2 Å². The molecule has 0 fully saturated rings. The van der Waals surface area contributed by atoms with Crippen LogP contribution in [0.5, 0.6) is 5.75 Å². The molecule has 1 atom stereocenters. The van der Waals surface area contributed by atoms with Crippen molar-refractivity contribution in [1.29, 1.82) is 0 Å². The van der Waals surface area contributed by atoms with E-state index in [0.29, 0.717) is 18.5 Å². The first-order valence-electron chi connectivity index (χ1n) is 8.56. The predicted octanol–water partition coefficient (Wildman–Crippen LogP) is 2.72. The van der Waals surface area contributed by atoms with E-state index in [0.717, 1.165) is 25.0 Å². The average Bonchev–Trinajstić information content (AvgIpc) is 3.10. The highest BCUT2D eigenvalue weighted by Crippen LogP contribution is 2.30. The van der Waals surface area contributed by atoms with Crippen LogP contribution in [0, 0.1) is 0 Å². The number of hydrogen-bond donors (Lipinski definition) is 3. The van der Waals surface area contributed by atoms with Gasteiger partial charge in [0.2, 0.25) is 0 Å². The average molecular weight is 371 g/mol. The third-order valence-electron chi connectivity index (χ3n) is 3.78. The van der Waals surface area contributed by atoms with Crippen LogP contribution in [-0.2, 0) is 6.18 Å². The minimum atomic E-state index is -4.38. The smallest absolute Gasteiger partial charge is 0.416 e.